The van der Waals surface area contributed by atoms with Crippen molar-refractivity contribution in [2.24, 2.45) is 4.99 Å². The fourth-order valence-electron chi connectivity index (χ4n) is 2.46. The molecule has 0 heterocycles. The van der Waals surface area contributed by atoms with Gasteiger partial charge in [0.25, 0.3) is 5.91 Å². The number of nitrogens with zero attached hydrogens (tertiary/aromatic N) is 1. The number of hydrogen-bond acceptors (Lipinski definition) is 2. The summed E-state index contributed by atoms with van der Waals surface area (Å²) in [6.45, 7) is 3.92. The number of guanidine groups is 1. The lowest BCUT2D eigenvalue weighted by molar-refractivity contribution is 0.0956. The van der Waals surface area contributed by atoms with E-state index in [4.69, 9.17) is 11.6 Å². The highest BCUT2D eigenvalue weighted by molar-refractivity contribution is 6.30. The van der Waals surface area contributed by atoms with E-state index in [1.807, 2.05) is 49.4 Å². The first-order valence-corrected chi connectivity index (χ1v) is 9.06. The van der Waals surface area contributed by atoms with Crippen molar-refractivity contribution in [2.75, 3.05) is 20.1 Å². The van der Waals surface area contributed by atoms with Gasteiger partial charge >= 0.3 is 0 Å². The SMILES string of the molecule is CCNC(=O)c1ccc(CNC(=NC)NCCc2cccc(Cl)c2)cc1. The first-order chi connectivity index (χ1) is 12.6. The molecule has 26 heavy (non-hydrogen) atoms. The highest BCUT2D eigenvalue weighted by Gasteiger charge is 2.04. The molecule has 0 atom stereocenters. The minimum absolute atomic E-state index is 0.0505. The number of rotatable bonds is 7. The molecule has 0 saturated heterocycles. The van der Waals surface area contributed by atoms with E-state index in [1.54, 1.807) is 7.05 Å². The van der Waals surface area contributed by atoms with E-state index >= 15 is 0 Å². The Bertz CT molecular complexity index is 744. The first-order valence-electron chi connectivity index (χ1n) is 8.68. The van der Waals surface area contributed by atoms with Gasteiger partial charge in [0.05, 0.1) is 0 Å². The summed E-state index contributed by atoms with van der Waals surface area (Å²) in [6, 6.07) is 15.4. The lowest BCUT2D eigenvalue weighted by Crippen LogP contribution is -2.37. The van der Waals surface area contributed by atoms with E-state index in [9.17, 15) is 4.79 Å². The Morgan fingerprint density at radius 1 is 1.04 bits per heavy atom. The van der Waals surface area contributed by atoms with Crippen LogP contribution in [-0.4, -0.2) is 32.0 Å². The van der Waals surface area contributed by atoms with E-state index in [-0.39, 0.29) is 5.91 Å². The molecule has 0 bridgehead atoms. The highest BCUT2D eigenvalue weighted by atomic mass is 35.5. The van der Waals surface area contributed by atoms with Crippen molar-refractivity contribution < 1.29 is 4.79 Å². The Morgan fingerprint density at radius 2 is 1.81 bits per heavy atom. The average molecular weight is 373 g/mol. The van der Waals surface area contributed by atoms with Crippen molar-refractivity contribution in [1.29, 1.82) is 0 Å². The third-order valence-electron chi connectivity index (χ3n) is 3.83. The molecule has 0 aliphatic carbocycles. The Kier molecular flexibility index (Phi) is 7.96. The molecule has 2 aromatic rings. The molecule has 0 fully saturated rings. The molecule has 0 unspecified atom stereocenters. The summed E-state index contributed by atoms with van der Waals surface area (Å²) in [7, 11) is 1.74. The van der Waals surface area contributed by atoms with Crippen LogP contribution in [0.1, 0.15) is 28.4 Å². The van der Waals surface area contributed by atoms with Gasteiger partial charge in [0, 0.05) is 37.3 Å². The van der Waals surface area contributed by atoms with Gasteiger partial charge in [-0.2, -0.15) is 0 Å². The molecule has 3 N–H and O–H groups in total. The number of carbonyl (C=O) groups is 1. The molecule has 0 saturated carbocycles. The molecule has 138 valence electrons. The first kappa shape index (κ1) is 19.8. The maximum atomic E-state index is 11.8. The number of benzene rings is 2. The van der Waals surface area contributed by atoms with Gasteiger partial charge < -0.3 is 16.0 Å². The minimum atomic E-state index is -0.0505. The fourth-order valence-corrected chi connectivity index (χ4v) is 2.67. The molecule has 5 nitrogen and oxygen atoms in total. The van der Waals surface area contributed by atoms with Crippen molar-refractivity contribution in [1.82, 2.24) is 16.0 Å². The van der Waals surface area contributed by atoms with Crippen molar-refractivity contribution in [3.05, 3.63) is 70.2 Å². The molecule has 1 amide bonds. The summed E-state index contributed by atoms with van der Waals surface area (Å²) < 4.78 is 0. The minimum Gasteiger partial charge on any atom is -0.356 e. The second kappa shape index (κ2) is 10.5. The van der Waals surface area contributed by atoms with Crippen LogP contribution in [0, 0.1) is 0 Å². The molecule has 0 radical (unpaired) electrons. The second-order valence-electron chi connectivity index (χ2n) is 5.79. The normalized spacial score (nSPS) is 11.1. The summed E-state index contributed by atoms with van der Waals surface area (Å²) >= 11 is 6.00. The van der Waals surface area contributed by atoms with Crippen LogP contribution in [0.25, 0.3) is 0 Å². The number of hydrogen-bond donors (Lipinski definition) is 3. The van der Waals surface area contributed by atoms with Crippen LogP contribution in [0.3, 0.4) is 0 Å². The fraction of sp³-hybridized carbons (Fsp3) is 0.300. The number of nitrogens with one attached hydrogen (secondary N) is 3. The Morgan fingerprint density at radius 3 is 2.46 bits per heavy atom. The predicted octanol–water partition coefficient (Wildman–Crippen LogP) is 3.00. The summed E-state index contributed by atoms with van der Waals surface area (Å²) in [5, 5.41) is 10.1. The monoisotopic (exact) mass is 372 g/mol. The summed E-state index contributed by atoms with van der Waals surface area (Å²) in [6.07, 6.45) is 0.864. The zero-order valence-electron chi connectivity index (χ0n) is 15.2. The molecule has 2 rings (SSSR count). The molecule has 0 spiro atoms. The van der Waals surface area contributed by atoms with Gasteiger partial charge in [-0.25, -0.2) is 0 Å². The zero-order valence-corrected chi connectivity index (χ0v) is 15.9. The van der Waals surface area contributed by atoms with Gasteiger partial charge in [-0.1, -0.05) is 35.9 Å². The van der Waals surface area contributed by atoms with Crippen molar-refractivity contribution in [3.63, 3.8) is 0 Å². The van der Waals surface area contributed by atoms with E-state index in [0.717, 1.165) is 29.5 Å². The van der Waals surface area contributed by atoms with Crippen molar-refractivity contribution >= 4 is 23.5 Å². The molecular formula is C20H25ClN4O. The average Bonchev–Trinajstić information content (AvgIpc) is 2.65. The molecule has 0 aromatic heterocycles. The largest absolute Gasteiger partial charge is 0.356 e. The standard InChI is InChI=1S/C20H25ClN4O/c1-3-23-19(26)17-9-7-16(8-10-17)14-25-20(22-2)24-12-11-15-5-4-6-18(21)13-15/h4-10,13H,3,11-12,14H2,1-2H3,(H,23,26)(H2,22,24,25). The van der Waals surface area contributed by atoms with E-state index in [1.165, 1.54) is 5.56 Å². The molecule has 0 aliphatic heterocycles. The molecular weight excluding hydrogens is 348 g/mol. The number of halogens is 1. The Labute approximate surface area is 159 Å². The lowest BCUT2D eigenvalue weighted by atomic mass is 10.1. The quantitative estimate of drug-likeness (QED) is 0.517. The third kappa shape index (κ3) is 6.41. The number of carbonyl (C=O) groups excluding carboxylic acids is 1. The molecule has 2 aromatic carbocycles. The van der Waals surface area contributed by atoms with Crippen LogP contribution in [0.15, 0.2) is 53.5 Å². The van der Waals surface area contributed by atoms with Crippen molar-refractivity contribution in [2.45, 2.75) is 19.9 Å². The van der Waals surface area contributed by atoms with Crippen molar-refractivity contribution in [3.8, 4) is 0 Å². The second-order valence-corrected chi connectivity index (χ2v) is 6.23. The maximum Gasteiger partial charge on any atom is 0.251 e. The van der Waals surface area contributed by atoms with Crippen LogP contribution in [-0.2, 0) is 13.0 Å². The zero-order chi connectivity index (χ0) is 18.8. The lowest BCUT2D eigenvalue weighted by Gasteiger charge is -2.12. The summed E-state index contributed by atoms with van der Waals surface area (Å²) in [5.41, 5.74) is 2.93. The Balaban J connectivity index is 1.78. The van der Waals surface area contributed by atoms with Crippen LogP contribution in [0.4, 0.5) is 0 Å². The van der Waals surface area contributed by atoms with E-state index < -0.39 is 0 Å². The highest BCUT2D eigenvalue weighted by Crippen LogP contribution is 2.10. The summed E-state index contributed by atoms with van der Waals surface area (Å²) in [4.78, 5) is 16.0. The third-order valence-corrected chi connectivity index (χ3v) is 4.07. The van der Waals surface area contributed by atoms with Gasteiger partial charge in [-0.15, -0.1) is 0 Å². The predicted molar refractivity (Wildman–Crippen MR) is 108 cm³/mol. The Hall–Kier alpha value is -2.53. The van der Waals surface area contributed by atoms with Crippen LogP contribution >= 0.6 is 11.6 Å². The number of aliphatic imine (C=N–C) groups is 1. The van der Waals surface area contributed by atoms with Crippen LogP contribution in [0.2, 0.25) is 5.02 Å². The van der Waals surface area contributed by atoms with Gasteiger partial charge in [0.15, 0.2) is 5.96 Å². The smallest absolute Gasteiger partial charge is 0.251 e. The van der Waals surface area contributed by atoms with Gasteiger partial charge in [-0.3, -0.25) is 9.79 Å². The van der Waals surface area contributed by atoms with Gasteiger partial charge in [0.1, 0.15) is 0 Å². The van der Waals surface area contributed by atoms with Gasteiger partial charge in [0.2, 0.25) is 0 Å². The molecule has 6 heteroatoms. The van der Waals surface area contributed by atoms with E-state index in [2.05, 4.69) is 27.0 Å². The topological polar surface area (TPSA) is 65.5 Å². The van der Waals surface area contributed by atoms with Crippen LogP contribution in [0.5, 0.6) is 0 Å². The van der Waals surface area contributed by atoms with Crippen LogP contribution < -0.4 is 16.0 Å². The van der Waals surface area contributed by atoms with Gasteiger partial charge in [-0.05, 0) is 48.7 Å². The number of amides is 1. The maximum absolute atomic E-state index is 11.8. The van der Waals surface area contributed by atoms with E-state index in [0.29, 0.717) is 18.7 Å². The molecule has 0 aliphatic rings. The summed E-state index contributed by atoms with van der Waals surface area (Å²) in [5.74, 6) is 0.685.